The minimum Gasteiger partial charge on any atom is -0.468 e. The highest BCUT2D eigenvalue weighted by molar-refractivity contribution is 5.17. The second-order valence-corrected chi connectivity index (χ2v) is 6.62. The number of furan rings is 1. The van der Waals surface area contributed by atoms with E-state index in [1.807, 2.05) is 6.26 Å². The molecule has 2 atom stereocenters. The van der Waals surface area contributed by atoms with E-state index in [0.29, 0.717) is 0 Å². The molecule has 118 valence electrons. The van der Waals surface area contributed by atoms with Gasteiger partial charge in [0.2, 0.25) is 0 Å². The standard InChI is InChI=1S/C17H29N3O/c1-3-8-18-11-17-14(7-10-21-17)12-20-9-6-15-4-5-16(13-20)19(15)2/h7,10,15-16,18H,3-6,8-9,11-13H2,1-2H3. The fraction of sp³-hybridized carbons (Fsp3) is 0.765. The van der Waals surface area contributed by atoms with Gasteiger partial charge in [-0.2, -0.15) is 0 Å². The van der Waals surface area contributed by atoms with Crippen molar-refractivity contribution in [2.45, 2.75) is 57.8 Å². The molecule has 1 aromatic rings. The molecule has 3 rings (SSSR count). The average Bonchev–Trinajstić information content (AvgIpc) is 2.99. The first-order valence-electron chi connectivity index (χ1n) is 8.48. The van der Waals surface area contributed by atoms with Crippen LogP contribution in [0.3, 0.4) is 0 Å². The summed E-state index contributed by atoms with van der Waals surface area (Å²) in [4.78, 5) is 5.23. The van der Waals surface area contributed by atoms with Crippen LogP contribution in [0.25, 0.3) is 0 Å². The van der Waals surface area contributed by atoms with Gasteiger partial charge in [0.05, 0.1) is 12.8 Å². The van der Waals surface area contributed by atoms with Crippen LogP contribution in [-0.4, -0.2) is 48.6 Å². The van der Waals surface area contributed by atoms with Gasteiger partial charge in [-0.05, 0) is 45.3 Å². The lowest BCUT2D eigenvalue weighted by Gasteiger charge is -2.25. The van der Waals surface area contributed by atoms with E-state index in [9.17, 15) is 0 Å². The molecule has 2 aliphatic rings. The summed E-state index contributed by atoms with van der Waals surface area (Å²) in [6, 6.07) is 3.72. The molecule has 0 aromatic carbocycles. The highest BCUT2D eigenvalue weighted by Gasteiger charge is 2.34. The summed E-state index contributed by atoms with van der Waals surface area (Å²) < 4.78 is 5.67. The molecule has 2 bridgehead atoms. The van der Waals surface area contributed by atoms with Crippen molar-refractivity contribution in [2.75, 3.05) is 26.7 Å². The van der Waals surface area contributed by atoms with Crippen LogP contribution in [-0.2, 0) is 13.1 Å². The third-order valence-corrected chi connectivity index (χ3v) is 5.18. The van der Waals surface area contributed by atoms with E-state index in [2.05, 4.69) is 35.2 Å². The second-order valence-electron chi connectivity index (χ2n) is 6.62. The molecule has 1 N–H and O–H groups in total. The van der Waals surface area contributed by atoms with Crippen LogP contribution >= 0.6 is 0 Å². The zero-order chi connectivity index (χ0) is 14.7. The lowest BCUT2D eigenvalue weighted by molar-refractivity contribution is 0.213. The van der Waals surface area contributed by atoms with Gasteiger partial charge in [-0.15, -0.1) is 0 Å². The Labute approximate surface area is 128 Å². The molecule has 4 nitrogen and oxygen atoms in total. The van der Waals surface area contributed by atoms with Gasteiger partial charge in [-0.3, -0.25) is 9.80 Å². The summed E-state index contributed by atoms with van der Waals surface area (Å²) in [5.41, 5.74) is 1.36. The van der Waals surface area contributed by atoms with Crippen LogP contribution in [0.1, 0.15) is 43.9 Å². The highest BCUT2D eigenvalue weighted by atomic mass is 16.3. The minimum atomic E-state index is 0.756. The maximum Gasteiger partial charge on any atom is 0.122 e. The van der Waals surface area contributed by atoms with Crippen LogP contribution in [0.2, 0.25) is 0 Å². The van der Waals surface area contributed by atoms with Gasteiger partial charge in [0, 0.05) is 37.3 Å². The predicted octanol–water partition coefficient (Wildman–Crippen LogP) is 2.45. The quantitative estimate of drug-likeness (QED) is 0.816. The first kappa shape index (κ1) is 15.1. The van der Waals surface area contributed by atoms with E-state index in [1.165, 1.54) is 37.9 Å². The SMILES string of the molecule is CCCNCc1occc1CN1CCC2CCC(C1)N2C. The Morgan fingerprint density at radius 3 is 3.00 bits per heavy atom. The van der Waals surface area contributed by atoms with E-state index < -0.39 is 0 Å². The number of hydrogen-bond donors (Lipinski definition) is 1. The molecule has 21 heavy (non-hydrogen) atoms. The smallest absolute Gasteiger partial charge is 0.122 e. The van der Waals surface area contributed by atoms with Crippen molar-refractivity contribution in [3.8, 4) is 0 Å². The van der Waals surface area contributed by atoms with E-state index in [-0.39, 0.29) is 0 Å². The summed E-state index contributed by atoms with van der Waals surface area (Å²) in [5, 5.41) is 3.44. The zero-order valence-electron chi connectivity index (χ0n) is 13.5. The van der Waals surface area contributed by atoms with Crippen molar-refractivity contribution in [2.24, 2.45) is 0 Å². The number of hydrogen-bond acceptors (Lipinski definition) is 4. The average molecular weight is 291 g/mol. The third kappa shape index (κ3) is 3.50. The van der Waals surface area contributed by atoms with E-state index in [4.69, 9.17) is 4.42 Å². The summed E-state index contributed by atoms with van der Waals surface area (Å²) in [6.07, 6.45) is 7.08. The molecule has 0 spiro atoms. The first-order valence-corrected chi connectivity index (χ1v) is 8.48. The molecule has 0 radical (unpaired) electrons. The molecular formula is C17H29N3O. The molecule has 2 saturated heterocycles. The Hall–Kier alpha value is -0.840. The summed E-state index contributed by atoms with van der Waals surface area (Å²) in [6.45, 7) is 7.57. The molecule has 0 aliphatic carbocycles. The molecule has 0 saturated carbocycles. The number of rotatable bonds is 6. The maximum atomic E-state index is 5.67. The van der Waals surface area contributed by atoms with Crippen molar-refractivity contribution in [1.29, 1.82) is 0 Å². The van der Waals surface area contributed by atoms with Crippen LogP contribution in [0.15, 0.2) is 16.7 Å². The first-order chi connectivity index (χ1) is 10.3. The number of likely N-dealkylation sites (tertiary alicyclic amines) is 1. The van der Waals surface area contributed by atoms with Gasteiger partial charge in [-0.1, -0.05) is 6.92 Å². The summed E-state index contributed by atoms with van der Waals surface area (Å²) in [7, 11) is 2.31. The fourth-order valence-corrected chi connectivity index (χ4v) is 3.81. The van der Waals surface area contributed by atoms with E-state index in [0.717, 1.165) is 43.9 Å². The second kappa shape index (κ2) is 6.95. The van der Waals surface area contributed by atoms with Gasteiger partial charge in [0.1, 0.15) is 5.76 Å². The maximum absolute atomic E-state index is 5.67. The topological polar surface area (TPSA) is 31.7 Å². The van der Waals surface area contributed by atoms with Gasteiger partial charge in [-0.25, -0.2) is 0 Å². The Morgan fingerprint density at radius 1 is 1.29 bits per heavy atom. The summed E-state index contributed by atoms with van der Waals surface area (Å²) >= 11 is 0. The molecule has 2 aliphatic heterocycles. The third-order valence-electron chi connectivity index (χ3n) is 5.18. The van der Waals surface area contributed by atoms with Crippen LogP contribution in [0.4, 0.5) is 0 Å². The Morgan fingerprint density at radius 2 is 2.14 bits per heavy atom. The molecule has 0 amide bonds. The molecule has 2 fully saturated rings. The number of nitrogens with one attached hydrogen (secondary N) is 1. The number of fused-ring (bicyclic) bond motifs is 2. The van der Waals surface area contributed by atoms with Crippen LogP contribution in [0, 0.1) is 0 Å². The molecule has 4 heteroatoms. The fourth-order valence-electron chi connectivity index (χ4n) is 3.81. The lowest BCUT2D eigenvalue weighted by atomic mass is 10.1. The highest BCUT2D eigenvalue weighted by Crippen LogP contribution is 2.29. The minimum absolute atomic E-state index is 0.756. The van der Waals surface area contributed by atoms with E-state index in [1.54, 1.807) is 0 Å². The Bertz CT molecular complexity index is 445. The Kier molecular flexibility index (Phi) is 4.99. The van der Waals surface area contributed by atoms with E-state index >= 15 is 0 Å². The van der Waals surface area contributed by atoms with Crippen molar-refractivity contribution in [3.63, 3.8) is 0 Å². The normalized spacial score (nSPS) is 27.1. The predicted molar refractivity (Wildman–Crippen MR) is 85.2 cm³/mol. The van der Waals surface area contributed by atoms with Gasteiger partial charge >= 0.3 is 0 Å². The monoisotopic (exact) mass is 291 g/mol. The largest absolute Gasteiger partial charge is 0.468 e. The number of nitrogens with zero attached hydrogens (tertiary/aromatic N) is 2. The van der Waals surface area contributed by atoms with Crippen molar-refractivity contribution in [3.05, 3.63) is 23.7 Å². The van der Waals surface area contributed by atoms with Crippen LogP contribution in [0.5, 0.6) is 0 Å². The molecular weight excluding hydrogens is 262 g/mol. The Balaban J connectivity index is 1.58. The molecule has 2 unspecified atom stereocenters. The van der Waals surface area contributed by atoms with Gasteiger partial charge in [0.15, 0.2) is 0 Å². The van der Waals surface area contributed by atoms with Crippen molar-refractivity contribution in [1.82, 2.24) is 15.1 Å². The zero-order valence-corrected chi connectivity index (χ0v) is 13.5. The van der Waals surface area contributed by atoms with Crippen molar-refractivity contribution < 1.29 is 4.42 Å². The summed E-state index contributed by atoms with van der Waals surface area (Å²) in [5.74, 6) is 1.12. The number of likely N-dealkylation sites (N-methyl/N-ethyl adjacent to an activating group) is 1. The van der Waals surface area contributed by atoms with Gasteiger partial charge < -0.3 is 9.73 Å². The van der Waals surface area contributed by atoms with Crippen molar-refractivity contribution >= 4 is 0 Å². The van der Waals surface area contributed by atoms with Gasteiger partial charge in [0.25, 0.3) is 0 Å². The lowest BCUT2D eigenvalue weighted by Crippen LogP contribution is -2.36. The molecule has 3 heterocycles. The van der Waals surface area contributed by atoms with Crippen LogP contribution < -0.4 is 5.32 Å². The molecule has 1 aromatic heterocycles.